The lowest BCUT2D eigenvalue weighted by atomic mass is 10.1. The molecule has 0 saturated carbocycles. The van der Waals surface area contributed by atoms with Crippen molar-refractivity contribution in [2.24, 2.45) is 11.7 Å². The Bertz CT molecular complexity index is 393. The Labute approximate surface area is 122 Å². The molecule has 1 fully saturated rings. The molecule has 114 valence electrons. The maximum Gasteiger partial charge on any atom is 0.0948 e. The third kappa shape index (κ3) is 3.59. The molecule has 0 bridgehead atoms. The van der Waals surface area contributed by atoms with Gasteiger partial charge >= 0.3 is 0 Å². The minimum absolute atomic E-state index is 0.304. The summed E-state index contributed by atoms with van der Waals surface area (Å²) in [5.74, 6) is 0.744. The molecule has 0 spiro atoms. The Kier molecular flexibility index (Phi) is 5.57. The molecule has 1 aromatic heterocycles. The molecule has 2 heterocycles. The number of nitrogens with zero attached hydrogens (tertiary/aromatic N) is 4. The molecule has 2 rings (SSSR count). The highest BCUT2D eigenvalue weighted by Gasteiger charge is 2.26. The van der Waals surface area contributed by atoms with Crippen molar-refractivity contribution >= 4 is 0 Å². The van der Waals surface area contributed by atoms with Gasteiger partial charge in [0.25, 0.3) is 0 Å². The lowest BCUT2D eigenvalue weighted by Crippen LogP contribution is -2.50. The van der Waals surface area contributed by atoms with E-state index in [9.17, 15) is 0 Å². The number of hydrogen-bond acceptors (Lipinski definition) is 4. The molecule has 1 unspecified atom stereocenters. The number of nitrogens with two attached hydrogens (primary N) is 1. The van der Waals surface area contributed by atoms with E-state index in [1.807, 2.05) is 12.5 Å². The summed E-state index contributed by atoms with van der Waals surface area (Å²) in [6.07, 6.45) is 3.88. The molecule has 1 saturated heterocycles. The molecule has 5 nitrogen and oxygen atoms in total. The van der Waals surface area contributed by atoms with Gasteiger partial charge in [0.1, 0.15) is 0 Å². The van der Waals surface area contributed by atoms with Crippen molar-refractivity contribution in [3.63, 3.8) is 0 Å². The summed E-state index contributed by atoms with van der Waals surface area (Å²) >= 11 is 0. The van der Waals surface area contributed by atoms with E-state index in [1.54, 1.807) is 0 Å². The molecular formula is C15H29N5. The molecule has 1 aliphatic rings. The number of imidazole rings is 1. The highest BCUT2D eigenvalue weighted by atomic mass is 15.3. The van der Waals surface area contributed by atoms with E-state index in [4.69, 9.17) is 5.73 Å². The Morgan fingerprint density at radius 3 is 2.50 bits per heavy atom. The van der Waals surface area contributed by atoms with Gasteiger partial charge < -0.3 is 15.2 Å². The van der Waals surface area contributed by atoms with Crippen LogP contribution in [0.15, 0.2) is 12.5 Å². The van der Waals surface area contributed by atoms with Crippen LogP contribution < -0.4 is 5.73 Å². The zero-order chi connectivity index (χ0) is 14.5. The minimum atomic E-state index is 0.304. The van der Waals surface area contributed by atoms with Gasteiger partial charge in [-0.15, -0.1) is 0 Å². The van der Waals surface area contributed by atoms with Crippen LogP contribution in [0.5, 0.6) is 0 Å². The van der Waals surface area contributed by atoms with Gasteiger partial charge in [-0.2, -0.15) is 0 Å². The van der Waals surface area contributed by atoms with E-state index in [2.05, 4.69) is 40.1 Å². The molecule has 1 aromatic rings. The molecule has 2 N–H and O–H groups in total. The number of piperazine rings is 1. The quantitative estimate of drug-likeness (QED) is 0.849. The van der Waals surface area contributed by atoms with Gasteiger partial charge in [-0.25, -0.2) is 4.98 Å². The van der Waals surface area contributed by atoms with Crippen molar-refractivity contribution in [2.45, 2.75) is 33.4 Å². The van der Waals surface area contributed by atoms with E-state index < -0.39 is 0 Å². The molecule has 1 aliphatic heterocycles. The summed E-state index contributed by atoms with van der Waals surface area (Å²) in [4.78, 5) is 9.36. The summed E-state index contributed by atoms with van der Waals surface area (Å²) < 4.78 is 2.21. The predicted octanol–water partition coefficient (Wildman–Crippen LogP) is 1.18. The molecule has 0 aromatic carbocycles. The van der Waals surface area contributed by atoms with Crippen LogP contribution in [0.1, 0.15) is 32.5 Å². The summed E-state index contributed by atoms with van der Waals surface area (Å²) in [5.41, 5.74) is 7.29. The van der Waals surface area contributed by atoms with Gasteiger partial charge in [-0.05, 0) is 12.8 Å². The van der Waals surface area contributed by atoms with E-state index in [0.29, 0.717) is 12.6 Å². The van der Waals surface area contributed by atoms with Gasteiger partial charge in [0.2, 0.25) is 0 Å². The van der Waals surface area contributed by atoms with Crippen LogP contribution in [0.4, 0.5) is 0 Å². The first-order valence-corrected chi connectivity index (χ1v) is 7.82. The first-order valence-electron chi connectivity index (χ1n) is 7.82. The second-order valence-electron chi connectivity index (χ2n) is 6.09. The Morgan fingerprint density at radius 2 is 1.95 bits per heavy atom. The second-order valence-corrected chi connectivity index (χ2v) is 6.09. The van der Waals surface area contributed by atoms with Crippen molar-refractivity contribution in [1.29, 1.82) is 0 Å². The van der Waals surface area contributed by atoms with Crippen molar-refractivity contribution in [1.82, 2.24) is 19.4 Å². The van der Waals surface area contributed by atoms with Crippen LogP contribution in [0.3, 0.4) is 0 Å². The fourth-order valence-corrected chi connectivity index (χ4v) is 3.10. The first-order chi connectivity index (χ1) is 9.65. The molecule has 20 heavy (non-hydrogen) atoms. The molecule has 0 amide bonds. The zero-order valence-corrected chi connectivity index (χ0v) is 13.1. The highest BCUT2D eigenvalue weighted by Crippen LogP contribution is 2.21. The molecule has 0 radical (unpaired) electrons. The average Bonchev–Trinajstić information content (AvgIpc) is 2.89. The first kappa shape index (κ1) is 15.5. The lowest BCUT2D eigenvalue weighted by molar-refractivity contribution is 0.0885. The predicted molar refractivity (Wildman–Crippen MR) is 82.5 cm³/mol. The highest BCUT2D eigenvalue weighted by molar-refractivity contribution is 5.07. The third-order valence-corrected chi connectivity index (χ3v) is 4.12. The van der Waals surface area contributed by atoms with E-state index in [1.165, 1.54) is 12.2 Å². The minimum Gasteiger partial charge on any atom is -0.333 e. The lowest BCUT2D eigenvalue weighted by Gasteiger charge is -2.39. The second kappa shape index (κ2) is 7.20. The number of aromatic nitrogens is 2. The van der Waals surface area contributed by atoms with E-state index in [-0.39, 0.29) is 0 Å². The standard InChI is InChI=1S/C15H29N5/c1-4-19-12-17-10-15(19)14(9-16)20-7-5-18(6-8-20)11-13(2)3/h10,12-14H,4-9,11,16H2,1-3H3. The molecular weight excluding hydrogens is 250 g/mol. The van der Waals surface area contributed by atoms with Gasteiger partial charge in [0.15, 0.2) is 0 Å². The Balaban J connectivity index is 1.97. The normalized spacial score (nSPS) is 19.6. The number of rotatable bonds is 6. The number of aryl methyl sites for hydroxylation is 1. The monoisotopic (exact) mass is 279 g/mol. The van der Waals surface area contributed by atoms with Crippen molar-refractivity contribution in [2.75, 3.05) is 39.3 Å². The largest absolute Gasteiger partial charge is 0.333 e. The van der Waals surface area contributed by atoms with Crippen LogP contribution in [-0.4, -0.2) is 58.6 Å². The van der Waals surface area contributed by atoms with Crippen LogP contribution in [0, 0.1) is 5.92 Å². The van der Waals surface area contributed by atoms with Crippen LogP contribution in [-0.2, 0) is 6.54 Å². The van der Waals surface area contributed by atoms with Crippen molar-refractivity contribution in [3.05, 3.63) is 18.2 Å². The van der Waals surface area contributed by atoms with E-state index >= 15 is 0 Å². The summed E-state index contributed by atoms with van der Waals surface area (Å²) in [6.45, 7) is 14.0. The summed E-state index contributed by atoms with van der Waals surface area (Å²) in [7, 11) is 0. The summed E-state index contributed by atoms with van der Waals surface area (Å²) in [5, 5.41) is 0. The smallest absolute Gasteiger partial charge is 0.0948 e. The average molecular weight is 279 g/mol. The topological polar surface area (TPSA) is 50.3 Å². The maximum atomic E-state index is 6.04. The van der Waals surface area contributed by atoms with Crippen LogP contribution in [0.25, 0.3) is 0 Å². The zero-order valence-electron chi connectivity index (χ0n) is 13.1. The maximum absolute atomic E-state index is 6.04. The third-order valence-electron chi connectivity index (χ3n) is 4.12. The van der Waals surface area contributed by atoms with Gasteiger partial charge in [0.05, 0.1) is 18.1 Å². The van der Waals surface area contributed by atoms with Crippen molar-refractivity contribution in [3.8, 4) is 0 Å². The van der Waals surface area contributed by atoms with Gasteiger partial charge in [-0.1, -0.05) is 13.8 Å². The Hall–Kier alpha value is -0.910. The van der Waals surface area contributed by atoms with Crippen molar-refractivity contribution < 1.29 is 0 Å². The molecule has 1 atom stereocenters. The Morgan fingerprint density at radius 1 is 1.25 bits per heavy atom. The van der Waals surface area contributed by atoms with E-state index in [0.717, 1.165) is 38.6 Å². The van der Waals surface area contributed by atoms with Gasteiger partial charge in [-0.3, -0.25) is 4.90 Å². The fraction of sp³-hybridized carbons (Fsp3) is 0.800. The van der Waals surface area contributed by atoms with Crippen LogP contribution in [0.2, 0.25) is 0 Å². The molecule has 5 heteroatoms. The fourth-order valence-electron chi connectivity index (χ4n) is 3.10. The van der Waals surface area contributed by atoms with Crippen LogP contribution >= 0.6 is 0 Å². The SMILES string of the molecule is CCn1cncc1C(CN)N1CCN(CC(C)C)CC1. The summed E-state index contributed by atoms with van der Waals surface area (Å²) in [6, 6.07) is 0.304. The number of hydrogen-bond donors (Lipinski definition) is 1. The molecule has 0 aliphatic carbocycles. The van der Waals surface area contributed by atoms with Gasteiger partial charge in [0, 0.05) is 52.0 Å².